The molecule has 2 rings (SSSR count). The lowest BCUT2D eigenvalue weighted by atomic mass is 10.0. The summed E-state index contributed by atoms with van der Waals surface area (Å²) in [7, 11) is 3.70. The van der Waals surface area contributed by atoms with Gasteiger partial charge in [-0.3, -0.25) is 4.90 Å². The Hall–Kier alpha value is -1.01. The van der Waals surface area contributed by atoms with Gasteiger partial charge in [-0.1, -0.05) is 11.6 Å². The zero-order chi connectivity index (χ0) is 17.0. The first-order chi connectivity index (χ1) is 11.0. The van der Waals surface area contributed by atoms with E-state index in [4.69, 9.17) is 21.1 Å². The van der Waals surface area contributed by atoms with Crippen molar-refractivity contribution in [3.8, 4) is 11.5 Å². The molecule has 6 heteroatoms. The highest BCUT2D eigenvalue weighted by molar-refractivity contribution is 6.32. The Labute approximate surface area is 143 Å². The average Bonchev–Trinajstić information content (AvgIpc) is 2.50. The summed E-state index contributed by atoms with van der Waals surface area (Å²) in [5, 5.41) is 10.5. The number of halogens is 1. The van der Waals surface area contributed by atoms with Gasteiger partial charge in [0.25, 0.3) is 0 Å². The normalized spacial score (nSPS) is 21.2. The first-order valence-electron chi connectivity index (χ1n) is 8.07. The molecule has 1 aromatic rings. The lowest BCUT2D eigenvalue weighted by Gasteiger charge is -2.42. The highest BCUT2D eigenvalue weighted by Gasteiger charge is 2.29. The molecule has 1 aliphatic heterocycles. The predicted molar refractivity (Wildman–Crippen MR) is 92.7 cm³/mol. The van der Waals surface area contributed by atoms with Crippen molar-refractivity contribution < 1.29 is 14.6 Å². The minimum atomic E-state index is -0.0960. The smallest absolute Gasteiger partial charge is 0.179 e. The van der Waals surface area contributed by atoms with Gasteiger partial charge in [0.05, 0.1) is 31.4 Å². The Morgan fingerprint density at radius 2 is 2.13 bits per heavy atom. The van der Waals surface area contributed by atoms with Gasteiger partial charge in [-0.15, -0.1) is 0 Å². The fourth-order valence-corrected chi connectivity index (χ4v) is 3.56. The molecule has 1 N–H and O–H groups in total. The van der Waals surface area contributed by atoms with Crippen LogP contribution in [0, 0.1) is 0 Å². The number of hydrogen-bond acceptors (Lipinski definition) is 5. The molecule has 5 nitrogen and oxygen atoms in total. The topological polar surface area (TPSA) is 45.2 Å². The molecule has 2 atom stereocenters. The van der Waals surface area contributed by atoms with Crippen LogP contribution in [0.15, 0.2) is 12.1 Å². The van der Waals surface area contributed by atoms with E-state index >= 15 is 0 Å². The van der Waals surface area contributed by atoms with Crippen LogP contribution in [0.3, 0.4) is 0 Å². The predicted octanol–water partition coefficient (Wildman–Crippen LogP) is 2.42. The van der Waals surface area contributed by atoms with Crippen LogP contribution in [0.1, 0.15) is 25.5 Å². The van der Waals surface area contributed by atoms with Gasteiger partial charge in [-0.2, -0.15) is 0 Å². The van der Waals surface area contributed by atoms with Crippen molar-refractivity contribution >= 4 is 11.6 Å². The van der Waals surface area contributed by atoms with E-state index in [0.29, 0.717) is 29.2 Å². The summed E-state index contributed by atoms with van der Waals surface area (Å²) < 4.78 is 11.0. The summed E-state index contributed by atoms with van der Waals surface area (Å²) >= 11 is 6.36. The van der Waals surface area contributed by atoms with Crippen LogP contribution in [0.5, 0.6) is 11.5 Å². The third kappa shape index (κ3) is 4.10. The van der Waals surface area contributed by atoms with Crippen molar-refractivity contribution in [1.82, 2.24) is 9.80 Å². The van der Waals surface area contributed by atoms with Crippen molar-refractivity contribution in [3.05, 3.63) is 22.7 Å². The van der Waals surface area contributed by atoms with E-state index in [1.54, 1.807) is 7.11 Å². The monoisotopic (exact) mass is 342 g/mol. The molecule has 1 aliphatic rings. The third-order valence-corrected chi connectivity index (χ3v) is 4.66. The molecule has 2 unspecified atom stereocenters. The minimum absolute atomic E-state index is 0.0439. The first-order valence-corrected chi connectivity index (χ1v) is 8.44. The second-order valence-corrected chi connectivity index (χ2v) is 6.42. The van der Waals surface area contributed by atoms with Crippen molar-refractivity contribution in [3.63, 3.8) is 0 Å². The van der Waals surface area contributed by atoms with Crippen LogP contribution in [0.2, 0.25) is 5.02 Å². The summed E-state index contributed by atoms with van der Waals surface area (Å²) in [6.07, 6.45) is 0. The van der Waals surface area contributed by atoms with E-state index in [-0.39, 0.29) is 12.6 Å². The Kier molecular flexibility index (Phi) is 6.53. The lowest BCUT2D eigenvalue weighted by molar-refractivity contribution is 0.0340. The van der Waals surface area contributed by atoms with E-state index in [0.717, 1.165) is 25.2 Å². The highest BCUT2D eigenvalue weighted by Crippen LogP contribution is 2.39. The zero-order valence-corrected chi connectivity index (χ0v) is 15.1. The average molecular weight is 343 g/mol. The molecule has 130 valence electrons. The number of piperazine rings is 1. The number of likely N-dealkylation sites (N-methyl/N-ethyl adjacent to an activating group) is 1. The van der Waals surface area contributed by atoms with E-state index < -0.39 is 0 Å². The Morgan fingerprint density at radius 3 is 2.70 bits per heavy atom. The second-order valence-electron chi connectivity index (χ2n) is 6.01. The molecule has 0 amide bonds. The zero-order valence-electron chi connectivity index (χ0n) is 14.4. The molecule has 0 aliphatic carbocycles. The number of aliphatic hydroxyl groups is 1. The Morgan fingerprint density at radius 1 is 1.39 bits per heavy atom. The summed E-state index contributed by atoms with van der Waals surface area (Å²) in [6.45, 7) is 7.57. The summed E-state index contributed by atoms with van der Waals surface area (Å²) in [5.74, 6) is 1.16. The molecule has 23 heavy (non-hydrogen) atoms. The van der Waals surface area contributed by atoms with Gasteiger partial charge in [0.2, 0.25) is 0 Å². The molecule has 0 saturated carbocycles. The highest BCUT2D eigenvalue weighted by atomic mass is 35.5. The van der Waals surface area contributed by atoms with Gasteiger partial charge in [0.1, 0.15) is 0 Å². The van der Waals surface area contributed by atoms with Crippen LogP contribution in [-0.4, -0.2) is 68.0 Å². The van der Waals surface area contributed by atoms with Gasteiger partial charge in [-0.05, 0) is 38.6 Å². The van der Waals surface area contributed by atoms with E-state index in [1.165, 1.54) is 0 Å². The number of rotatable bonds is 6. The van der Waals surface area contributed by atoms with Crippen LogP contribution in [0.25, 0.3) is 0 Å². The molecule has 0 bridgehead atoms. The van der Waals surface area contributed by atoms with Crippen LogP contribution >= 0.6 is 11.6 Å². The SMILES string of the molecule is CCOc1cc(C(CO)N2CCN(C)CC2C)cc(Cl)c1OC. The fraction of sp³-hybridized carbons (Fsp3) is 0.647. The third-order valence-electron chi connectivity index (χ3n) is 4.38. The molecule has 1 fully saturated rings. The summed E-state index contributed by atoms with van der Waals surface area (Å²) in [5.41, 5.74) is 0.957. The van der Waals surface area contributed by atoms with Crippen LogP contribution in [-0.2, 0) is 0 Å². The van der Waals surface area contributed by atoms with Crippen molar-refractivity contribution in [2.75, 3.05) is 47.0 Å². The van der Waals surface area contributed by atoms with Gasteiger partial charge >= 0.3 is 0 Å². The van der Waals surface area contributed by atoms with Gasteiger partial charge in [0, 0.05) is 25.7 Å². The number of methoxy groups -OCH3 is 1. The standard InChI is InChI=1S/C17H27ClN2O3/c1-5-23-16-9-13(8-14(18)17(16)22-4)15(11-21)20-7-6-19(3)10-12(20)2/h8-9,12,15,21H,5-7,10-11H2,1-4H3. The number of hydrogen-bond donors (Lipinski definition) is 1. The van der Waals surface area contributed by atoms with E-state index in [2.05, 4.69) is 23.8 Å². The van der Waals surface area contributed by atoms with Crippen LogP contribution < -0.4 is 9.47 Å². The molecule has 1 aromatic carbocycles. The Bertz CT molecular complexity index is 527. The number of nitrogens with zero attached hydrogens (tertiary/aromatic N) is 2. The summed E-state index contributed by atoms with van der Waals surface area (Å²) in [4.78, 5) is 4.64. The molecule has 1 heterocycles. The lowest BCUT2D eigenvalue weighted by Crippen LogP contribution is -2.52. The molecule has 1 saturated heterocycles. The maximum absolute atomic E-state index is 9.98. The maximum Gasteiger partial charge on any atom is 0.179 e. The number of aliphatic hydroxyl groups excluding tert-OH is 1. The van der Waals surface area contributed by atoms with Gasteiger partial charge in [-0.25, -0.2) is 0 Å². The molecule has 0 radical (unpaired) electrons. The molecule has 0 spiro atoms. The fourth-order valence-electron chi connectivity index (χ4n) is 3.26. The minimum Gasteiger partial charge on any atom is -0.491 e. The van der Waals surface area contributed by atoms with E-state index in [1.807, 2.05) is 19.1 Å². The number of ether oxygens (including phenoxy) is 2. The second kappa shape index (κ2) is 8.20. The quantitative estimate of drug-likeness (QED) is 0.860. The van der Waals surface area contributed by atoms with Crippen LogP contribution in [0.4, 0.5) is 0 Å². The summed E-state index contributed by atoms with van der Waals surface area (Å²) in [6, 6.07) is 4.07. The van der Waals surface area contributed by atoms with Crippen molar-refractivity contribution in [1.29, 1.82) is 0 Å². The van der Waals surface area contributed by atoms with Gasteiger partial charge < -0.3 is 19.5 Å². The Balaban J connectivity index is 2.33. The largest absolute Gasteiger partial charge is 0.491 e. The van der Waals surface area contributed by atoms with Crippen molar-refractivity contribution in [2.45, 2.75) is 25.9 Å². The molecule has 0 aromatic heterocycles. The molecular weight excluding hydrogens is 316 g/mol. The van der Waals surface area contributed by atoms with Crippen molar-refractivity contribution in [2.24, 2.45) is 0 Å². The first kappa shape index (κ1) is 18.3. The maximum atomic E-state index is 9.98. The number of benzene rings is 1. The van der Waals surface area contributed by atoms with E-state index in [9.17, 15) is 5.11 Å². The van der Waals surface area contributed by atoms with Gasteiger partial charge in [0.15, 0.2) is 11.5 Å². The molecular formula is C17H27ClN2O3.